The first-order chi connectivity index (χ1) is 14.0. The molecule has 4 N–H and O–H groups in total. The molecule has 0 saturated carbocycles. The van der Waals surface area contributed by atoms with E-state index >= 15 is 0 Å². The van der Waals surface area contributed by atoms with Crippen molar-refractivity contribution >= 4 is 0 Å². The quantitative estimate of drug-likeness (QED) is 0.529. The number of aromatic nitrogens is 2. The second-order valence-electron chi connectivity index (χ2n) is 7.29. The van der Waals surface area contributed by atoms with Crippen LogP contribution >= 0.6 is 0 Å². The lowest BCUT2D eigenvalue weighted by Gasteiger charge is -2.40. The Hall–Kier alpha value is -2.55. The Morgan fingerprint density at radius 2 is 1.62 bits per heavy atom. The molecule has 0 radical (unpaired) electrons. The van der Waals surface area contributed by atoms with Crippen molar-refractivity contribution in [2.75, 3.05) is 6.61 Å². The molecule has 29 heavy (non-hydrogen) atoms. The summed E-state index contributed by atoms with van der Waals surface area (Å²) >= 11 is 0. The molecule has 0 unspecified atom stereocenters. The Morgan fingerprint density at radius 3 is 2.28 bits per heavy atom. The van der Waals surface area contributed by atoms with Gasteiger partial charge in [-0.1, -0.05) is 42.5 Å². The smallest absolute Gasteiger partial charge is 0.113 e. The van der Waals surface area contributed by atoms with E-state index in [2.05, 4.69) is 5.10 Å². The maximum absolute atomic E-state index is 10.4. The van der Waals surface area contributed by atoms with Crippen LogP contribution in [0.15, 0.2) is 60.8 Å². The van der Waals surface area contributed by atoms with Gasteiger partial charge in [0.25, 0.3) is 0 Å². The van der Waals surface area contributed by atoms with Gasteiger partial charge in [0.1, 0.15) is 30.5 Å². The first kappa shape index (κ1) is 19.8. The van der Waals surface area contributed by atoms with Crippen LogP contribution in [0, 0.1) is 0 Å². The van der Waals surface area contributed by atoms with Crippen LogP contribution in [-0.4, -0.2) is 61.2 Å². The van der Waals surface area contributed by atoms with Crippen molar-refractivity contribution in [1.82, 2.24) is 9.78 Å². The number of ether oxygens (including phenoxy) is 1. The highest BCUT2D eigenvalue weighted by molar-refractivity contribution is 5.69. The Bertz CT molecular complexity index is 969. The van der Waals surface area contributed by atoms with E-state index in [0.717, 1.165) is 22.4 Å². The zero-order valence-electron chi connectivity index (χ0n) is 16.0. The van der Waals surface area contributed by atoms with Gasteiger partial charge in [-0.2, -0.15) is 5.10 Å². The Kier molecular flexibility index (Phi) is 5.49. The second kappa shape index (κ2) is 8.06. The highest BCUT2D eigenvalue weighted by atomic mass is 16.5. The predicted molar refractivity (Wildman–Crippen MR) is 107 cm³/mol. The van der Waals surface area contributed by atoms with Crippen LogP contribution in [0.3, 0.4) is 0 Å². The summed E-state index contributed by atoms with van der Waals surface area (Å²) < 4.78 is 7.48. The Morgan fingerprint density at radius 1 is 0.897 bits per heavy atom. The minimum absolute atomic E-state index is 0.448. The van der Waals surface area contributed by atoms with Gasteiger partial charge in [-0.3, -0.25) is 4.68 Å². The van der Waals surface area contributed by atoms with Crippen LogP contribution < -0.4 is 0 Å². The van der Waals surface area contributed by atoms with Crippen molar-refractivity contribution in [3.63, 3.8) is 0 Å². The summed E-state index contributed by atoms with van der Waals surface area (Å²) in [6.45, 7) is -0.448. The third-order valence-corrected chi connectivity index (χ3v) is 5.44. The summed E-state index contributed by atoms with van der Waals surface area (Å²) in [5.74, 6) is 0. The molecule has 152 valence electrons. The van der Waals surface area contributed by atoms with Crippen LogP contribution in [0.1, 0.15) is 11.7 Å². The van der Waals surface area contributed by atoms with Crippen molar-refractivity contribution in [1.29, 1.82) is 0 Å². The highest BCUT2D eigenvalue weighted by Crippen LogP contribution is 2.34. The molecule has 1 aliphatic heterocycles. The summed E-state index contributed by atoms with van der Waals surface area (Å²) in [4.78, 5) is 0. The van der Waals surface area contributed by atoms with E-state index in [1.165, 1.54) is 0 Å². The molecule has 7 heteroatoms. The molecule has 0 amide bonds. The van der Waals surface area contributed by atoms with Gasteiger partial charge in [0.2, 0.25) is 0 Å². The standard InChI is InChI=1S/C22H24N2O5/c1-24-17(9-10-23-24)14-7-5-13(6-8-14)15-3-2-4-16(11-15)22-21(28)20(27)19(26)18(12-25)29-22/h2-11,18-22,25-28H,12H2,1H3/t18-,19-,20+,21+,22-/m1/s1. The average molecular weight is 396 g/mol. The monoisotopic (exact) mass is 396 g/mol. The van der Waals surface area contributed by atoms with E-state index in [1.807, 2.05) is 60.3 Å². The average Bonchev–Trinajstić information content (AvgIpc) is 3.18. The summed E-state index contributed by atoms with van der Waals surface area (Å²) in [5, 5.41) is 44.0. The second-order valence-corrected chi connectivity index (χ2v) is 7.29. The molecule has 7 nitrogen and oxygen atoms in total. The minimum atomic E-state index is -1.40. The van der Waals surface area contributed by atoms with Crippen molar-refractivity contribution in [3.05, 3.63) is 66.4 Å². The first-order valence-corrected chi connectivity index (χ1v) is 9.49. The number of rotatable bonds is 4. The van der Waals surface area contributed by atoms with Crippen LogP contribution in [-0.2, 0) is 11.8 Å². The molecule has 4 rings (SSSR count). The lowest BCUT2D eigenvalue weighted by atomic mass is 9.90. The van der Waals surface area contributed by atoms with Gasteiger partial charge in [0.05, 0.1) is 12.3 Å². The van der Waals surface area contributed by atoms with E-state index in [4.69, 9.17) is 4.74 Å². The van der Waals surface area contributed by atoms with Gasteiger partial charge in [0.15, 0.2) is 0 Å². The SMILES string of the molecule is Cn1nccc1-c1ccc(-c2cccc([C@H]3O[C@H](CO)[C@@H](O)[C@H](O)[C@@H]3O)c2)cc1. The fraction of sp³-hybridized carbons (Fsp3) is 0.318. The first-order valence-electron chi connectivity index (χ1n) is 9.49. The maximum Gasteiger partial charge on any atom is 0.113 e. The number of benzene rings is 2. The van der Waals surface area contributed by atoms with Gasteiger partial charge in [-0.05, 0) is 34.4 Å². The van der Waals surface area contributed by atoms with Crippen LogP contribution in [0.2, 0.25) is 0 Å². The molecule has 2 heterocycles. The van der Waals surface area contributed by atoms with Gasteiger partial charge in [-0.15, -0.1) is 0 Å². The van der Waals surface area contributed by atoms with Gasteiger partial charge >= 0.3 is 0 Å². The molecule has 1 aliphatic rings. The number of aliphatic hydroxyl groups excluding tert-OH is 4. The number of hydrogen-bond acceptors (Lipinski definition) is 6. The van der Waals surface area contributed by atoms with Crippen molar-refractivity contribution in [3.8, 4) is 22.4 Å². The van der Waals surface area contributed by atoms with Crippen molar-refractivity contribution < 1.29 is 25.2 Å². The van der Waals surface area contributed by atoms with Crippen molar-refractivity contribution in [2.45, 2.75) is 30.5 Å². The number of nitrogens with zero attached hydrogens (tertiary/aromatic N) is 2. The molecule has 1 fully saturated rings. The molecular formula is C22H24N2O5. The van der Waals surface area contributed by atoms with E-state index in [1.54, 1.807) is 12.3 Å². The topological polar surface area (TPSA) is 108 Å². The molecule has 2 aromatic carbocycles. The summed E-state index contributed by atoms with van der Waals surface area (Å²) in [6.07, 6.45) is -4.08. The number of hydrogen-bond donors (Lipinski definition) is 4. The summed E-state index contributed by atoms with van der Waals surface area (Å²) in [7, 11) is 1.90. The highest BCUT2D eigenvalue weighted by Gasteiger charge is 2.43. The fourth-order valence-electron chi connectivity index (χ4n) is 3.76. The minimum Gasteiger partial charge on any atom is -0.394 e. The zero-order chi connectivity index (χ0) is 20.5. The summed E-state index contributed by atoms with van der Waals surface area (Å²) in [5.41, 5.74) is 4.65. The van der Waals surface area contributed by atoms with Crippen LogP contribution in [0.25, 0.3) is 22.4 Å². The molecule has 5 atom stereocenters. The van der Waals surface area contributed by atoms with Gasteiger partial charge in [0, 0.05) is 13.2 Å². The fourth-order valence-corrected chi connectivity index (χ4v) is 3.76. The zero-order valence-corrected chi connectivity index (χ0v) is 16.0. The van der Waals surface area contributed by atoms with Crippen LogP contribution in [0.4, 0.5) is 0 Å². The molecule has 1 saturated heterocycles. The third-order valence-electron chi connectivity index (χ3n) is 5.44. The Labute approximate surface area is 168 Å². The van der Waals surface area contributed by atoms with E-state index < -0.39 is 37.1 Å². The molecule has 0 aliphatic carbocycles. The van der Waals surface area contributed by atoms with E-state index in [-0.39, 0.29) is 0 Å². The largest absolute Gasteiger partial charge is 0.394 e. The summed E-state index contributed by atoms with van der Waals surface area (Å²) in [6, 6.07) is 17.5. The number of aryl methyl sites for hydroxylation is 1. The lowest BCUT2D eigenvalue weighted by Crippen LogP contribution is -2.55. The predicted octanol–water partition coefficient (Wildman–Crippen LogP) is 1.27. The van der Waals surface area contributed by atoms with Gasteiger partial charge in [-0.25, -0.2) is 0 Å². The maximum atomic E-state index is 10.4. The van der Waals surface area contributed by atoms with E-state index in [0.29, 0.717) is 5.56 Å². The van der Waals surface area contributed by atoms with E-state index in [9.17, 15) is 20.4 Å². The molecule has 3 aromatic rings. The molecule has 0 spiro atoms. The third kappa shape index (κ3) is 3.71. The number of aliphatic hydroxyl groups is 4. The van der Waals surface area contributed by atoms with Crippen molar-refractivity contribution in [2.24, 2.45) is 7.05 Å². The van der Waals surface area contributed by atoms with Crippen LogP contribution in [0.5, 0.6) is 0 Å². The molecule has 0 bridgehead atoms. The lowest BCUT2D eigenvalue weighted by molar-refractivity contribution is -0.231. The molecule has 1 aromatic heterocycles. The molecular weight excluding hydrogens is 372 g/mol. The normalized spacial score (nSPS) is 27.1. The van der Waals surface area contributed by atoms with Gasteiger partial charge < -0.3 is 25.2 Å². The Balaban J connectivity index is 1.61.